The zero-order valence-electron chi connectivity index (χ0n) is 52.2. The first-order chi connectivity index (χ1) is 40.3. The molecule has 3 aromatic heterocycles. The Morgan fingerprint density at radius 2 is 1.04 bits per heavy atom. The molecule has 79 heavy (non-hydrogen) atoms. The third kappa shape index (κ3) is 8.55. The lowest BCUT2D eigenvalue weighted by atomic mass is 9.78. The SMILES string of the molecule is [2H]C([2H])([2H])c1cccc(C([2H])([2H])[2H])c1-c1cc2c3c(c1)n(-c1cccc(Oc4ccc5c6ccccc6n(-c6cc(C(C)(C)C)ccn6)c5c4)c1)[c-][n+]3-c1c(-c3cc(C(C)(C)C)cc(C(C)(C)C)c3)cccc1-c1ccccc1-c1ccccc1-2. The molecule has 0 fully saturated rings. The number of imidazole rings is 1. The van der Waals surface area contributed by atoms with Crippen molar-refractivity contribution in [2.75, 3.05) is 0 Å². The molecule has 13 rings (SSSR count). The molecule has 0 atom stereocenters. The molecule has 0 unspecified atom stereocenters. The quantitative estimate of drug-likeness (QED) is 0.123. The van der Waals surface area contributed by atoms with Gasteiger partial charge in [0.15, 0.2) is 0 Å². The molecular weight excluding hydrogens is 961 g/mol. The maximum atomic E-state index is 8.89. The minimum absolute atomic E-state index is 0.0468. The standard InChI is InChI=1S/C74H66N4O/c1-46-21-18-22-47(2)69(46)49-39-64-60-28-15-13-26-58(60)57-25-12-14-27-59(57)63-31-20-30-56(48-37-51(73(6,7)8)41-52(38-48)74(9,10)11)70(63)77-45-76(67(40-49)71(64)77)53-23-19-24-54(43-53)79-55-33-34-62-61-29-16-17-32-65(61)78(66(62)44-55)68-42-50(35-36-75-68)72(3,4)5/h12-44H,1-11H3/i1D3,2D3. The number of nitrogens with zero attached hydrogens (tertiary/aromatic N) is 4. The average Bonchev–Trinajstić information content (AvgIpc) is 1.69. The molecule has 0 saturated carbocycles. The number of hydrogen-bond donors (Lipinski definition) is 0. The van der Waals surface area contributed by atoms with Gasteiger partial charge in [0.1, 0.15) is 17.3 Å². The number of hydrogen-bond acceptors (Lipinski definition) is 2. The zero-order valence-corrected chi connectivity index (χ0v) is 46.2. The second-order valence-corrected chi connectivity index (χ2v) is 24.3. The van der Waals surface area contributed by atoms with Crippen LogP contribution in [-0.2, 0) is 16.2 Å². The third-order valence-electron chi connectivity index (χ3n) is 15.9. The highest BCUT2D eigenvalue weighted by Gasteiger charge is 2.29. The fourth-order valence-corrected chi connectivity index (χ4v) is 11.7. The molecule has 0 saturated heterocycles. The van der Waals surface area contributed by atoms with Crippen molar-refractivity contribution in [2.24, 2.45) is 0 Å². The molecule has 0 amide bonds. The first-order valence-electron chi connectivity index (χ1n) is 30.3. The van der Waals surface area contributed by atoms with Gasteiger partial charge in [-0.3, -0.25) is 13.7 Å². The van der Waals surface area contributed by atoms with Gasteiger partial charge < -0.3 is 4.74 Å². The van der Waals surface area contributed by atoms with Crippen LogP contribution in [0.3, 0.4) is 0 Å². The molecule has 1 aliphatic rings. The molecule has 0 radical (unpaired) electrons. The third-order valence-corrected chi connectivity index (χ3v) is 15.9. The lowest BCUT2D eigenvalue weighted by molar-refractivity contribution is -0.570. The summed E-state index contributed by atoms with van der Waals surface area (Å²) in [5.74, 6) is 2.01. The summed E-state index contributed by atoms with van der Waals surface area (Å²) in [5.41, 5.74) is 16.4. The van der Waals surface area contributed by atoms with E-state index in [4.69, 9.17) is 17.9 Å². The van der Waals surface area contributed by atoms with E-state index < -0.39 is 13.7 Å². The van der Waals surface area contributed by atoms with E-state index in [9.17, 15) is 0 Å². The fourth-order valence-electron chi connectivity index (χ4n) is 11.7. The Morgan fingerprint density at radius 3 is 1.72 bits per heavy atom. The second kappa shape index (κ2) is 18.4. The van der Waals surface area contributed by atoms with Crippen molar-refractivity contribution in [3.63, 3.8) is 0 Å². The van der Waals surface area contributed by atoms with E-state index in [1.54, 1.807) is 0 Å². The Hall–Kier alpha value is -8.80. The van der Waals surface area contributed by atoms with Crippen molar-refractivity contribution in [3.05, 3.63) is 234 Å². The van der Waals surface area contributed by atoms with Crippen LogP contribution in [0.15, 0.2) is 200 Å². The summed E-state index contributed by atoms with van der Waals surface area (Å²) in [6.07, 6.45) is 5.83. The number of aromatic nitrogens is 4. The Bertz CT molecular complexity index is 4610. The highest BCUT2D eigenvalue weighted by molar-refractivity contribution is 6.09. The molecular formula is C74H66N4O. The van der Waals surface area contributed by atoms with Gasteiger partial charge in [-0.25, -0.2) is 4.98 Å². The smallest absolute Gasteiger partial charge is 0.269 e. The molecule has 0 N–H and O–H groups in total. The first-order valence-corrected chi connectivity index (χ1v) is 27.3. The minimum atomic E-state index is -2.66. The summed E-state index contributed by atoms with van der Waals surface area (Å²) in [7, 11) is 0. The monoisotopic (exact) mass is 1030 g/mol. The Morgan fingerprint density at radius 1 is 0.456 bits per heavy atom. The van der Waals surface area contributed by atoms with Gasteiger partial charge in [-0.1, -0.05) is 196 Å². The lowest BCUT2D eigenvalue weighted by Gasteiger charge is -2.27. The van der Waals surface area contributed by atoms with Crippen LogP contribution in [0.1, 0.15) is 98.4 Å². The van der Waals surface area contributed by atoms with Crippen LogP contribution in [0.5, 0.6) is 11.5 Å². The van der Waals surface area contributed by atoms with Crippen LogP contribution in [0.2, 0.25) is 0 Å². The Labute approximate surface area is 473 Å². The summed E-state index contributed by atoms with van der Waals surface area (Å²) in [4.78, 5) is 4.92. The van der Waals surface area contributed by atoms with Gasteiger partial charge in [-0.15, -0.1) is 0 Å². The summed E-state index contributed by atoms with van der Waals surface area (Å²) in [5, 5.41) is 2.18. The van der Waals surface area contributed by atoms with Gasteiger partial charge >= 0.3 is 0 Å². The van der Waals surface area contributed by atoms with E-state index in [-0.39, 0.29) is 32.9 Å². The van der Waals surface area contributed by atoms with Gasteiger partial charge in [0.05, 0.1) is 33.4 Å². The molecule has 9 aromatic carbocycles. The molecule has 12 aromatic rings. The van der Waals surface area contributed by atoms with Gasteiger partial charge in [0.2, 0.25) is 0 Å². The van der Waals surface area contributed by atoms with Gasteiger partial charge in [0, 0.05) is 31.3 Å². The number of pyridine rings is 1. The molecule has 0 spiro atoms. The van der Waals surface area contributed by atoms with E-state index in [0.29, 0.717) is 28.3 Å². The summed E-state index contributed by atoms with van der Waals surface area (Å²) >= 11 is 0. The van der Waals surface area contributed by atoms with Crippen LogP contribution < -0.4 is 9.30 Å². The molecule has 5 nitrogen and oxygen atoms in total. The van der Waals surface area contributed by atoms with E-state index in [2.05, 4.69) is 199 Å². The van der Waals surface area contributed by atoms with Gasteiger partial charge in [-0.05, 0) is 168 Å². The number of aryl methyl sites for hydroxylation is 2. The number of fused-ring (bicyclic) bond motifs is 10. The molecule has 1 aliphatic heterocycles. The predicted octanol–water partition coefficient (Wildman–Crippen LogP) is 19.1. The number of ether oxygens (including phenoxy) is 1. The van der Waals surface area contributed by atoms with Crippen molar-refractivity contribution < 1.29 is 17.5 Å². The fraction of sp³-hybridized carbons (Fsp3) is 0.189. The van der Waals surface area contributed by atoms with E-state index in [0.717, 1.165) is 83.3 Å². The number of benzene rings is 9. The van der Waals surface area contributed by atoms with Gasteiger partial charge in [0.25, 0.3) is 6.33 Å². The van der Waals surface area contributed by atoms with Crippen LogP contribution in [0, 0.1) is 20.0 Å². The number of para-hydroxylation sites is 2. The van der Waals surface area contributed by atoms with Crippen molar-refractivity contribution in [1.82, 2.24) is 14.1 Å². The van der Waals surface area contributed by atoms with Gasteiger partial charge in [-0.2, -0.15) is 0 Å². The second-order valence-electron chi connectivity index (χ2n) is 24.3. The molecule has 0 aliphatic carbocycles. The van der Waals surface area contributed by atoms with Crippen molar-refractivity contribution in [2.45, 2.75) is 92.3 Å². The summed E-state index contributed by atoms with van der Waals surface area (Å²) in [6.45, 7) is 14.9. The molecule has 388 valence electrons. The Balaban J connectivity index is 1.10. The highest BCUT2D eigenvalue weighted by atomic mass is 16.5. The summed E-state index contributed by atoms with van der Waals surface area (Å²) < 4.78 is 66.7. The van der Waals surface area contributed by atoms with Crippen molar-refractivity contribution in [3.8, 4) is 84.3 Å². The van der Waals surface area contributed by atoms with Crippen molar-refractivity contribution >= 4 is 32.8 Å². The normalized spacial score (nSPS) is 13.9. The maximum Gasteiger partial charge on any atom is 0.269 e. The van der Waals surface area contributed by atoms with Crippen molar-refractivity contribution in [1.29, 1.82) is 0 Å². The maximum absolute atomic E-state index is 8.89. The lowest BCUT2D eigenvalue weighted by Crippen LogP contribution is -2.32. The van der Waals surface area contributed by atoms with Crippen LogP contribution in [0.25, 0.3) is 106 Å². The van der Waals surface area contributed by atoms with E-state index >= 15 is 0 Å². The topological polar surface area (TPSA) is 35.9 Å². The Kier molecular flexibility index (Phi) is 10.1. The van der Waals surface area contributed by atoms with Crippen LogP contribution in [0.4, 0.5) is 0 Å². The highest BCUT2D eigenvalue weighted by Crippen LogP contribution is 2.48. The molecule has 4 heterocycles. The molecule has 0 bridgehead atoms. The largest absolute Gasteiger partial charge is 0.458 e. The zero-order chi connectivity index (χ0) is 59.7. The first kappa shape index (κ1) is 43.2. The number of rotatable bonds is 6. The van der Waals surface area contributed by atoms with E-state index in [1.165, 1.54) is 34.9 Å². The molecule has 5 heteroatoms. The summed E-state index contributed by atoms with van der Waals surface area (Å²) in [6, 6.07) is 65.6. The minimum Gasteiger partial charge on any atom is -0.458 e. The predicted molar refractivity (Wildman–Crippen MR) is 329 cm³/mol. The van der Waals surface area contributed by atoms with E-state index in [1.807, 2.05) is 65.4 Å². The van der Waals surface area contributed by atoms with Crippen LogP contribution >= 0.6 is 0 Å². The average molecular weight is 1030 g/mol. The van der Waals surface area contributed by atoms with Crippen LogP contribution in [-0.4, -0.2) is 14.1 Å².